The zero-order chi connectivity index (χ0) is 14.1. The van der Waals surface area contributed by atoms with Crippen LogP contribution in [-0.4, -0.2) is 20.5 Å². The molecule has 19 heavy (non-hydrogen) atoms. The molecule has 0 unspecified atom stereocenters. The van der Waals surface area contributed by atoms with E-state index in [0.717, 1.165) is 12.8 Å². The van der Waals surface area contributed by atoms with Crippen LogP contribution in [0, 0.1) is 0 Å². The zero-order valence-corrected chi connectivity index (χ0v) is 12.2. The van der Waals surface area contributed by atoms with Crippen LogP contribution in [0.15, 0.2) is 29.2 Å². The summed E-state index contributed by atoms with van der Waals surface area (Å²) in [7, 11) is -3.21. The fourth-order valence-electron chi connectivity index (χ4n) is 1.92. The lowest BCUT2D eigenvalue weighted by Gasteiger charge is -2.04. The molecule has 0 amide bonds. The van der Waals surface area contributed by atoms with Crippen molar-refractivity contribution in [3.8, 4) is 0 Å². The largest absolute Gasteiger partial charge is 0.285 e. The third kappa shape index (κ3) is 5.55. The second-order valence-corrected chi connectivity index (χ2v) is 6.82. The number of carbonyl (C=O) groups excluding carboxylic acids is 1. The molecule has 0 aliphatic heterocycles. The van der Waals surface area contributed by atoms with E-state index in [2.05, 4.69) is 6.92 Å². The van der Waals surface area contributed by atoms with Gasteiger partial charge in [-0.2, -0.15) is 0 Å². The van der Waals surface area contributed by atoms with Crippen LogP contribution in [0.25, 0.3) is 0 Å². The summed E-state index contributed by atoms with van der Waals surface area (Å²) in [5.41, 5.74) is 0.374. The van der Waals surface area contributed by atoms with Gasteiger partial charge in [-0.15, -0.1) is 0 Å². The van der Waals surface area contributed by atoms with E-state index >= 15 is 0 Å². The van der Waals surface area contributed by atoms with Crippen molar-refractivity contribution in [2.75, 3.05) is 5.75 Å². The summed E-state index contributed by atoms with van der Waals surface area (Å²) in [5, 5.41) is 0. The first kappa shape index (κ1) is 15.9. The highest BCUT2D eigenvalue weighted by atomic mass is 32.2. The van der Waals surface area contributed by atoms with E-state index in [4.69, 9.17) is 0 Å². The minimum Gasteiger partial charge on any atom is -0.285 e. The van der Waals surface area contributed by atoms with Crippen molar-refractivity contribution in [2.45, 2.75) is 50.3 Å². The van der Waals surface area contributed by atoms with Crippen LogP contribution in [0.3, 0.4) is 0 Å². The molecule has 0 heterocycles. The minimum atomic E-state index is -3.21. The summed E-state index contributed by atoms with van der Waals surface area (Å²) >= 11 is 0. The highest BCUT2D eigenvalue weighted by Gasteiger charge is 2.13. The standard InChI is InChI=1S/C15H21O3S/c1-2-3-4-5-6-7-12-19(17,18)15-10-8-14(13-16)9-11-15/h8-11H,2-7,12H2,1H3. The maximum Gasteiger partial charge on any atom is 0.233 e. The van der Waals surface area contributed by atoms with Crippen LogP contribution >= 0.6 is 0 Å². The fraction of sp³-hybridized carbons (Fsp3) is 0.533. The lowest BCUT2D eigenvalue weighted by atomic mass is 10.1. The molecule has 3 nitrogen and oxygen atoms in total. The maximum atomic E-state index is 12.0. The van der Waals surface area contributed by atoms with Crippen molar-refractivity contribution in [3.05, 3.63) is 29.8 Å². The van der Waals surface area contributed by atoms with Gasteiger partial charge in [-0.25, -0.2) is 8.42 Å². The van der Waals surface area contributed by atoms with E-state index in [1.54, 1.807) is 6.29 Å². The summed E-state index contributed by atoms with van der Waals surface area (Å²) < 4.78 is 24.0. The second-order valence-electron chi connectivity index (χ2n) is 4.71. The molecule has 105 valence electrons. The van der Waals surface area contributed by atoms with Gasteiger partial charge in [-0.05, 0) is 30.7 Å². The molecule has 4 heteroatoms. The Hall–Kier alpha value is -1.16. The van der Waals surface area contributed by atoms with E-state index < -0.39 is 9.84 Å². The first-order chi connectivity index (χ1) is 9.10. The van der Waals surface area contributed by atoms with Crippen molar-refractivity contribution in [2.24, 2.45) is 0 Å². The molecule has 1 rings (SSSR count). The highest BCUT2D eigenvalue weighted by Crippen LogP contribution is 2.14. The first-order valence-corrected chi connectivity index (χ1v) is 8.46. The summed E-state index contributed by atoms with van der Waals surface area (Å²) in [6.45, 7) is 2.16. The molecule has 1 aromatic carbocycles. The third-order valence-electron chi connectivity index (χ3n) is 3.10. The zero-order valence-electron chi connectivity index (χ0n) is 11.4. The number of sulfone groups is 1. The molecule has 1 aromatic rings. The van der Waals surface area contributed by atoms with E-state index in [-0.39, 0.29) is 5.75 Å². The normalized spacial score (nSPS) is 11.4. The van der Waals surface area contributed by atoms with E-state index in [0.29, 0.717) is 16.9 Å². The van der Waals surface area contributed by atoms with Crippen LogP contribution in [0.1, 0.15) is 51.0 Å². The van der Waals surface area contributed by atoms with Gasteiger partial charge in [0.05, 0.1) is 10.6 Å². The lowest BCUT2D eigenvalue weighted by Crippen LogP contribution is -2.06. The Bertz CT molecular complexity index is 475. The Morgan fingerprint density at radius 2 is 1.53 bits per heavy atom. The van der Waals surface area contributed by atoms with Gasteiger partial charge >= 0.3 is 0 Å². The number of benzene rings is 1. The number of hydrogen-bond acceptors (Lipinski definition) is 3. The fourth-order valence-corrected chi connectivity index (χ4v) is 3.29. The van der Waals surface area contributed by atoms with Gasteiger partial charge in [-0.3, -0.25) is 4.79 Å². The quantitative estimate of drug-likeness (QED) is 0.653. The van der Waals surface area contributed by atoms with Crippen LogP contribution in [0.4, 0.5) is 0 Å². The van der Waals surface area contributed by atoms with Gasteiger partial charge in [0.15, 0.2) is 9.84 Å². The molecule has 0 saturated heterocycles. The minimum absolute atomic E-state index is 0.184. The molecule has 0 aromatic heterocycles. The van der Waals surface area contributed by atoms with Crippen molar-refractivity contribution in [1.29, 1.82) is 0 Å². The molecule has 1 radical (unpaired) electrons. The SMILES string of the molecule is CCCCCCCCS(=O)(=O)c1ccc([C]=O)cc1. The third-order valence-corrected chi connectivity index (χ3v) is 4.91. The van der Waals surface area contributed by atoms with E-state index in [1.165, 1.54) is 43.5 Å². The van der Waals surface area contributed by atoms with Crippen molar-refractivity contribution >= 4 is 16.1 Å². The number of hydrogen-bond donors (Lipinski definition) is 0. The van der Waals surface area contributed by atoms with Crippen LogP contribution in [-0.2, 0) is 14.6 Å². The Balaban J connectivity index is 2.44. The molecule has 0 bridgehead atoms. The van der Waals surface area contributed by atoms with Crippen molar-refractivity contribution in [3.63, 3.8) is 0 Å². The van der Waals surface area contributed by atoms with Gasteiger partial charge in [0, 0.05) is 5.56 Å². The number of unbranched alkanes of at least 4 members (excludes halogenated alkanes) is 5. The van der Waals surface area contributed by atoms with Crippen LogP contribution in [0.2, 0.25) is 0 Å². The van der Waals surface area contributed by atoms with Gasteiger partial charge in [-0.1, -0.05) is 39.0 Å². The molecular formula is C15H21O3S. The number of rotatable bonds is 9. The molecule has 0 aliphatic rings. The molecule has 0 N–H and O–H groups in total. The Morgan fingerprint density at radius 1 is 0.947 bits per heavy atom. The summed E-state index contributed by atoms with van der Waals surface area (Å²) in [6.07, 6.45) is 8.08. The van der Waals surface area contributed by atoms with E-state index in [1.807, 2.05) is 0 Å². The van der Waals surface area contributed by atoms with Gasteiger partial charge < -0.3 is 0 Å². The monoisotopic (exact) mass is 281 g/mol. The first-order valence-electron chi connectivity index (χ1n) is 6.81. The van der Waals surface area contributed by atoms with Crippen molar-refractivity contribution in [1.82, 2.24) is 0 Å². The van der Waals surface area contributed by atoms with Gasteiger partial charge in [0.2, 0.25) is 6.29 Å². The van der Waals surface area contributed by atoms with Crippen LogP contribution < -0.4 is 0 Å². The Labute approximate surface area is 116 Å². The molecule has 0 spiro atoms. The molecule has 0 atom stereocenters. The Morgan fingerprint density at radius 3 is 2.11 bits per heavy atom. The summed E-state index contributed by atoms with van der Waals surface area (Å²) in [5.74, 6) is 0.184. The second kappa shape index (κ2) is 8.10. The Kier molecular flexibility index (Phi) is 6.78. The summed E-state index contributed by atoms with van der Waals surface area (Å²) in [6, 6.07) is 5.93. The topological polar surface area (TPSA) is 51.2 Å². The average molecular weight is 281 g/mol. The summed E-state index contributed by atoms with van der Waals surface area (Å²) in [4.78, 5) is 10.7. The molecular weight excluding hydrogens is 260 g/mol. The maximum absolute atomic E-state index is 12.0. The van der Waals surface area contributed by atoms with Gasteiger partial charge in [0.1, 0.15) is 0 Å². The predicted octanol–water partition coefficient (Wildman–Crippen LogP) is 3.28. The van der Waals surface area contributed by atoms with Gasteiger partial charge in [0.25, 0.3) is 0 Å². The molecule has 0 saturated carbocycles. The lowest BCUT2D eigenvalue weighted by molar-refractivity contribution is 0.562. The van der Waals surface area contributed by atoms with Crippen LogP contribution in [0.5, 0.6) is 0 Å². The predicted molar refractivity (Wildman–Crippen MR) is 76.7 cm³/mol. The highest BCUT2D eigenvalue weighted by molar-refractivity contribution is 7.91. The smallest absolute Gasteiger partial charge is 0.233 e. The molecule has 0 fully saturated rings. The molecule has 0 aliphatic carbocycles. The van der Waals surface area contributed by atoms with Crippen molar-refractivity contribution < 1.29 is 13.2 Å². The van der Waals surface area contributed by atoms with E-state index in [9.17, 15) is 13.2 Å². The average Bonchev–Trinajstić information content (AvgIpc) is 2.43.